The van der Waals surface area contributed by atoms with Crippen LogP contribution in [0.15, 0.2) is 82.3 Å². The Morgan fingerprint density at radius 3 is 2.81 bits per heavy atom. The molecule has 0 unspecified atom stereocenters. The number of hydrogen-bond donors (Lipinski definition) is 0. The van der Waals surface area contributed by atoms with Crippen LogP contribution in [0.25, 0.3) is 38.8 Å². The maximum atomic E-state index is 6.25. The summed E-state index contributed by atoms with van der Waals surface area (Å²) in [6, 6.07) is 20.6. The lowest BCUT2D eigenvalue weighted by atomic mass is 10.0. The Kier molecular flexibility index (Phi) is 4.41. The van der Waals surface area contributed by atoms with Gasteiger partial charge in [-0.05, 0) is 76.5 Å². The molecule has 31 heavy (non-hydrogen) atoms. The lowest BCUT2D eigenvalue weighted by Crippen LogP contribution is -2.06. The Labute approximate surface area is 191 Å². The Morgan fingerprint density at radius 2 is 1.90 bits per heavy atom. The van der Waals surface area contributed by atoms with Gasteiger partial charge in [-0.1, -0.05) is 36.4 Å². The molecule has 1 aliphatic rings. The van der Waals surface area contributed by atoms with E-state index in [1.807, 2.05) is 36.4 Å². The van der Waals surface area contributed by atoms with Crippen LogP contribution in [0.5, 0.6) is 0 Å². The van der Waals surface area contributed by atoms with Crippen LogP contribution in [-0.4, -0.2) is 25.9 Å². The second-order valence-corrected chi connectivity index (χ2v) is 8.63. The number of nitrogens with zero attached hydrogens (tertiary/aromatic N) is 5. The summed E-state index contributed by atoms with van der Waals surface area (Å²) in [5.41, 5.74) is 5.56. The fraction of sp³-hybridized carbons (Fsp3) is 0.0833. The Morgan fingerprint density at radius 1 is 0.968 bits per heavy atom. The highest BCUT2D eigenvalue weighted by Gasteiger charge is 2.16. The number of benzene rings is 3. The molecule has 1 aliphatic heterocycles. The zero-order chi connectivity index (χ0) is 20.8. The summed E-state index contributed by atoms with van der Waals surface area (Å²) in [6.07, 6.45) is 5.62. The summed E-state index contributed by atoms with van der Waals surface area (Å²) in [6.45, 7) is 0. The van der Waals surface area contributed by atoms with Gasteiger partial charge < -0.3 is 4.42 Å². The van der Waals surface area contributed by atoms with Gasteiger partial charge in [-0.2, -0.15) is 0 Å². The summed E-state index contributed by atoms with van der Waals surface area (Å²) in [5.74, 6) is 0.573. The number of furan rings is 1. The first-order valence-corrected chi connectivity index (χ1v) is 11.1. The van der Waals surface area contributed by atoms with Crippen molar-refractivity contribution in [2.75, 3.05) is 0 Å². The summed E-state index contributed by atoms with van der Waals surface area (Å²) < 4.78 is 7.40. The molecule has 0 N–H and O–H groups in total. The summed E-state index contributed by atoms with van der Waals surface area (Å²) >= 11 is 2.36. The monoisotopic (exact) mass is 517 g/mol. The smallest absolute Gasteiger partial charge is 0.219 e. The number of hydrogen-bond acceptors (Lipinski definition) is 5. The minimum atomic E-state index is 0.573. The first kappa shape index (κ1) is 18.4. The fourth-order valence-corrected chi connectivity index (χ4v) is 4.54. The molecule has 0 spiro atoms. The zero-order valence-electron chi connectivity index (χ0n) is 16.4. The maximum Gasteiger partial charge on any atom is 0.219 e. The third-order valence-electron chi connectivity index (χ3n) is 5.39. The number of para-hydroxylation sites is 1. The van der Waals surface area contributed by atoms with Crippen LogP contribution in [0.2, 0.25) is 0 Å². The quantitative estimate of drug-likeness (QED) is 0.278. The van der Waals surface area contributed by atoms with Crippen LogP contribution in [0, 0.1) is 3.57 Å². The van der Waals surface area contributed by atoms with Crippen LogP contribution < -0.4 is 0 Å². The number of aromatic nitrogens is 4. The molecule has 0 atom stereocenters. The third kappa shape index (κ3) is 3.25. The van der Waals surface area contributed by atoms with Crippen LogP contribution >= 0.6 is 22.6 Å². The molecule has 3 aromatic carbocycles. The Balaban J connectivity index is 1.47. The summed E-state index contributed by atoms with van der Waals surface area (Å²) in [5, 5.41) is 15.3. The van der Waals surface area contributed by atoms with E-state index in [1.54, 1.807) is 11.0 Å². The Hall–Kier alpha value is -3.33. The molecule has 150 valence electrons. The molecule has 0 amide bonds. The molecule has 5 aromatic rings. The number of halogens is 1. The van der Waals surface area contributed by atoms with E-state index in [4.69, 9.17) is 4.42 Å². The molecule has 2 aromatic heterocycles. The van der Waals surface area contributed by atoms with E-state index in [1.165, 1.54) is 0 Å². The molecule has 0 fully saturated rings. The Bertz CT molecular complexity index is 1510. The van der Waals surface area contributed by atoms with E-state index in [0.29, 0.717) is 5.82 Å². The van der Waals surface area contributed by atoms with Crippen LogP contribution in [-0.2, 0) is 0 Å². The molecule has 6 rings (SSSR count). The van der Waals surface area contributed by atoms with E-state index in [0.717, 1.165) is 60.9 Å². The standard InChI is InChI=1S/C24H16IN5O/c25-16-13-19(23-20(14-16)18-8-1-2-10-22(18)31-23)15-6-5-7-17(12-15)30-28-24(27-29-30)21-9-3-4-11-26-21/h1-2,4-8,10-14H,3,9H2. The number of fused-ring (bicyclic) bond motifs is 3. The predicted molar refractivity (Wildman–Crippen MR) is 129 cm³/mol. The van der Waals surface area contributed by atoms with E-state index in [2.05, 4.69) is 73.3 Å². The molecule has 7 heteroatoms. The molecular formula is C24H16IN5O. The lowest BCUT2D eigenvalue weighted by molar-refractivity contribution is 0.670. The van der Waals surface area contributed by atoms with Crippen LogP contribution in [0.1, 0.15) is 18.7 Å². The SMILES string of the molecule is Ic1cc(-c2cccc(-n3nnc(C4=NC=CCC4)n3)c2)c2oc3ccccc3c2c1. The normalized spacial score (nSPS) is 13.8. The average Bonchev–Trinajstić information content (AvgIpc) is 3.45. The fourth-order valence-electron chi connectivity index (χ4n) is 3.91. The van der Waals surface area contributed by atoms with Gasteiger partial charge in [0.15, 0.2) is 0 Å². The van der Waals surface area contributed by atoms with Gasteiger partial charge in [0, 0.05) is 26.1 Å². The number of rotatable bonds is 3. The predicted octanol–water partition coefficient (Wildman–Crippen LogP) is 5.93. The largest absolute Gasteiger partial charge is 0.455 e. The van der Waals surface area contributed by atoms with E-state index in [9.17, 15) is 0 Å². The van der Waals surface area contributed by atoms with Gasteiger partial charge in [0.1, 0.15) is 11.2 Å². The van der Waals surface area contributed by atoms with Crippen molar-refractivity contribution in [2.45, 2.75) is 12.8 Å². The van der Waals surface area contributed by atoms with Gasteiger partial charge >= 0.3 is 0 Å². The van der Waals surface area contributed by atoms with Crippen molar-refractivity contribution >= 4 is 50.2 Å². The second kappa shape index (κ2) is 7.42. The van der Waals surface area contributed by atoms with Crippen molar-refractivity contribution in [3.63, 3.8) is 0 Å². The van der Waals surface area contributed by atoms with E-state index < -0.39 is 0 Å². The lowest BCUT2D eigenvalue weighted by Gasteiger charge is -2.06. The van der Waals surface area contributed by atoms with Crippen molar-refractivity contribution in [1.82, 2.24) is 20.2 Å². The highest BCUT2D eigenvalue weighted by Crippen LogP contribution is 2.37. The van der Waals surface area contributed by atoms with E-state index >= 15 is 0 Å². The summed E-state index contributed by atoms with van der Waals surface area (Å²) in [7, 11) is 0. The molecular weight excluding hydrogens is 501 g/mol. The molecule has 0 aliphatic carbocycles. The van der Waals surface area contributed by atoms with Crippen molar-refractivity contribution in [3.8, 4) is 16.8 Å². The number of aliphatic imine (C=N–C) groups is 1. The van der Waals surface area contributed by atoms with Gasteiger partial charge in [0.05, 0.1) is 11.4 Å². The second-order valence-electron chi connectivity index (χ2n) is 7.38. The van der Waals surface area contributed by atoms with Gasteiger partial charge in [0.2, 0.25) is 5.82 Å². The molecule has 6 nitrogen and oxygen atoms in total. The van der Waals surface area contributed by atoms with Crippen molar-refractivity contribution in [3.05, 3.63) is 82.3 Å². The average molecular weight is 517 g/mol. The van der Waals surface area contributed by atoms with Crippen LogP contribution in [0.4, 0.5) is 0 Å². The van der Waals surface area contributed by atoms with Gasteiger partial charge in [0.25, 0.3) is 0 Å². The molecule has 0 bridgehead atoms. The van der Waals surface area contributed by atoms with Gasteiger partial charge in [-0.3, -0.25) is 4.99 Å². The maximum absolute atomic E-state index is 6.25. The van der Waals surface area contributed by atoms with Gasteiger partial charge in [-0.25, -0.2) is 0 Å². The van der Waals surface area contributed by atoms with Crippen molar-refractivity contribution < 1.29 is 4.42 Å². The van der Waals surface area contributed by atoms with Crippen molar-refractivity contribution in [2.24, 2.45) is 4.99 Å². The number of tetrazole rings is 1. The minimum absolute atomic E-state index is 0.573. The highest BCUT2D eigenvalue weighted by molar-refractivity contribution is 14.1. The van der Waals surface area contributed by atoms with Gasteiger partial charge in [-0.15, -0.1) is 15.0 Å². The van der Waals surface area contributed by atoms with Crippen LogP contribution in [0.3, 0.4) is 0 Å². The molecule has 3 heterocycles. The highest BCUT2D eigenvalue weighted by atomic mass is 127. The topological polar surface area (TPSA) is 69.1 Å². The summed E-state index contributed by atoms with van der Waals surface area (Å²) in [4.78, 5) is 5.94. The van der Waals surface area contributed by atoms with Crippen molar-refractivity contribution in [1.29, 1.82) is 0 Å². The van der Waals surface area contributed by atoms with E-state index in [-0.39, 0.29) is 0 Å². The minimum Gasteiger partial charge on any atom is -0.455 e. The molecule has 0 saturated carbocycles. The molecule has 0 radical (unpaired) electrons. The first-order chi connectivity index (χ1) is 15.3. The third-order valence-corrected chi connectivity index (χ3v) is 6.01. The zero-order valence-corrected chi connectivity index (χ0v) is 18.5. The molecule has 0 saturated heterocycles. The number of allylic oxidation sites excluding steroid dienone is 1. The first-order valence-electron chi connectivity index (χ1n) is 10.00.